The van der Waals surface area contributed by atoms with E-state index in [1.54, 1.807) is 13.3 Å². The molecule has 4 nitrogen and oxygen atoms in total. The molecule has 0 amide bonds. The van der Waals surface area contributed by atoms with Crippen LogP contribution in [0.5, 0.6) is 5.75 Å². The molecule has 0 saturated heterocycles. The number of hydrogen-bond acceptors (Lipinski definition) is 4. The van der Waals surface area contributed by atoms with Gasteiger partial charge in [0, 0.05) is 6.20 Å². The average molecular weight is 243 g/mol. The van der Waals surface area contributed by atoms with Crippen molar-refractivity contribution in [3.63, 3.8) is 0 Å². The van der Waals surface area contributed by atoms with Gasteiger partial charge in [-0.05, 0) is 30.2 Å². The minimum absolute atomic E-state index is 0.0255. The molecular weight excluding hydrogens is 226 g/mol. The first-order chi connectivity index (χ1) is 8.85. The molecule has 0 aliphatic carbocycles. The molecular formula is C14H17N3O. The monoisotopic (exact) mass is 243 g/mol. The SMILES string of the molecule is COc1ccccc1CC(NN)c1ccccn1. The van der Waals surface area contributed by atoms with E-state index in [-0.39, 0.29) is 6.04 Å². The lowest BCUT2D eigenvalue weighted by molar-refractivity contribution is 0.405. The van der Waals surface area contributed by atoms with Crippen LogP contribution in [0.2, 0.25) is 0 Å². The van der Waals surface area contributed by atoms with Gasteiger partial charge in [-0.2, -0.15) is 0 Å². The number of nitrogens with one attached hydrogen (secondary N) is 1. The number of ether oxygens (including phenoxy) is 1. The molecule has 1 unspecified atom stereocenters. The Bertz CT molecular complexity index is 487. The zero-order valence-corrected chi connectivity index (χ0v) is 10.3. The Hall–Kier alpha value is -1.91. The van der Waals surface area contributed by atoms with Crippen molar-refractivity contribution in [2.75, 3.05) is 7.11 Å². The number of para-hydroxylation sites is 1. The van der Waals surface area contributed by atoms with Crippen molar-refractivity contribution >= 4 is 0 Å². The minimum Gasteiger partial charge on any atom is -0.496 e. The maximum Gasteiger partial charge on any atom is 0.122 e. The van der Waals surface area contributed by atoms with E-state index in [0.717, 1.165) is 23.4 Å². The second-order valence-electron chi connectivity index (χ2n) is 3.99. The fraction of sp³-hybridized carbons (Fsp3) is 0.214. The molecule has 18 heavy (non-hydrogen) atoms. The van der Waals surface area contributed by atoms with E-state index in [1.807, 2.05) is 42.5 Å². The van der Waals surface area contributed by atoms with Gasteiger partial charge in [0.1, 0.15) is 5.75 Å². The molecule has 1 aromatic heterocycles. The van der Waals surface area contributed by atoms with E-state index in [9.17, 15) is 0 Å². The predicted molar refractivity (Wildman–Crippen MR) is 71.0 cm³/mol. The van der Waals surface area contributed by atoms with Gasteiger partial charge in [-0.15, -0.1) is 0 Å². The Labute approximate surface area is 107 Å². The molecule has 0 saturated carbocycles. The van der Waals surface area contributed by atoms with Gasteiger partial charge >= 0.3 is 0 Å². The second kappa shape index (κ2) is 6.14. The summed E-state index contributed by atoms with van der Waals surface area (Å²) in [5.41, 5.74) is 4.83. The van der Waals surface area contributed by atoms with Gasteiger partial charge in [-0.3, -0.25) is 16.3 Å². The molecule has 1 aromatic carbocycles. The van der Waals surface area contributed by atoms with E-state index in [4.69, 9.17) is 10.6 Å². The quantitative estimate of drug-likeness (QED) is 0.621. The molecule has 0 fully saturated rings. The number of hydrogen-bond donors (Lipinski definition) is 2. The molecule has 0 bridgehead atoms. The molecule has 3 N–H and O–H groups in total. The van der Waals surface area contributed by atoms with Crippen LogP contribution in [0.25, 0.3) is 0 Å². The highest BCUT2D eigenvalue weighted by atomic mass is 16.5. The zero-order valence-electron chi connectivity index (χ0n) is 10.3. The number of rotatable bonds is 5. The summed E-state index contributed by atoms with van der Waals surface area (Å²) >= 11 is 0. The number of benzene rings is 1. The number of pyridine rings is 1. The lowest BCUT2D eigenvalue weighted by Crippen LogP contribution is -2.30. The standard InChI is InChI=1S/C14H17N3O/c1-18-14-8-3-2-6-11(14)10-13(17-15)12-7-4-5-9-16-12/h2-9,13,17H,10,15H2,1H3. The first-order valence-electron chi connectivity index (χ1n) is 5.84. The van der Waals surface area contributed by atoms with Gasteiger partial charge in [0.25, 0.3) is 0 Å². The van der Waals surface area contributed by atoms with Gasteiger partial charge in [-0.25, -0.2) is 0 Å². The summed E-state index contributed by atoms with van der Waals surface area (Å²) in [6.07, 6.45) is 2.50. The highest BCUT2D eigenvalue weighted by Gasteiger charge is 2.13. The molecule has 94 valence electrons. The average Bonchev–Trinajstić information content (AvgIpc) is 2.46. The van der Waals surface area contributed by atoms with Crippen LogP contribution in [0.1, 0.15) is 17.3 Å². The summed E-state index contributed by atoms with van der Waals surface area (Å²) in [4.78, 5) is 4.32. The minimum atomic E-state index is -0.0255. The molecule has 0 radical (unpaired) electrons. The van der Waals surface area contributed by atoms with Crippen molar-refractivity contribution in [3.05, 3.63) is 59.9 Å². The first-order valence-corrected chi connectivity index (χ1v) is 5.84. The topological polar surface area (TPSA) is 60.2 Å². The van der Waals surface area contributed by atoms with Crippen molar-refractivity contribution in [3.8, 4) is 5.75 Å². The van der Waals surface area contributed by atoms with E-state index >= 15 is 0 Å². The molecule has 0 aliphatic rings. The van der Waals surface area contributed by atoms with Gasteiger partial charge in [-0.1, -0.05) is 24.3 Å². The van der Waals surface area contributed by atoms with E-state index < -0.39 is 0 Å². The summed E-state index contributed by atoms with van der Waals surface area (Å²) in [6.45, 7) is 0. The second-order valence-corrected chi connectivity index (χ2v) is 3.99. The van der Waals surface area contributed by atoms with E-state index in [1.165, 1.54) is 0 Å². The van der Waals surface area contributed by atoms with Crippen molar-refractivity contribution in [2.24, 2.45) is 5.84 Å². The highest BCUT2D eigenvalue weighted by molar-refractivity contribution is 5.34. The highest BCUT2D eigenvalue weighted by Crippen LogP contribution is 2.23. The van der Waals surface area contributed by atoms with Crippen LogP contribution in [-0.2, 0) is 6.42 Å². The van der Waals surface area contributed by atoms with Crippen LogP contribution in [0.3, 0.4) is 0 Å². The molecule has 2 aromatic rings. The van der Waals surface area contributed by atoms with Crippen molar-refractivity contribution in [1.29, 1.82) is 0 Å². The summed E-state index contributed by atoms with van der Waals surface area (Å²) in [5.74, 6) is 6.48. The Kier molecular flexibility index (Phi) is 4.28. The first kappa shape index (κ1) is 12.5. The Morgan fingerprint density at radius 1 is 1.22 bits per heavy atom. The Morgan fingerprint density at radius 2 is 2.00 bits per heavy atom. The summed E-state index contributed by atoms with van der Waals surface area (Å²) < 4.78 is 5.34. The normalized spacial score (nSPS) is 12.1. The summed E-state index contributed by atoms with van der Waals surface area (Å²) in [7, 11) is 1.67. The third-order valence-electron chi connectivity index (χ3n) is 2.86. The maximum absolute atomic E-state index is 5.61. The lowest BCUT2D eigenvalue weighted by atomic mass is 10.0. The van der Waals surface area contributed by atoms with Crippen LogP contribution >= 0.6 is 0 Å². The van der Waals surface area contributed by atoms with Gasteiger partial charge < -0.3 is 4.74 Å². The molecule has 4 heteroatoms. The van der Waals surface area contributed by atoms with Crippen molar-refractivity contribution < 1.29 is 4.74 Å². The molecule has 0 spiro atoms. The van der Waals surface area contributed by atoms with Crippen molar-refractivity contribution in [2.45, 2.75) is 12.5 Å². The maximum atomic E-state index is 5.61. The number of aromatic nitrogens is 1. The Morgan fingerprint density at radius 3 is 2.67 bits per heavy atom. The smallest absolute Gasteiger partial charge is 0.122 e. The van der Waals surface area contributed by atoms with Crippen LogP contribution in [0, 0.1) is 0 Å². The molecule has 1 atom stereocenters. The van der Waals surface area contributed by atoms with Gasteiger partial charge in [0.15, 0.2) is 0 Å². The zero-order chi connectivity index (χ0) is 12.8. The third kappa shape index (κ3) is 2.85. The molecule has 0 aliphatic heterocycles. The van der Waals surface area contributed by atoms with Crippen molar-refractivity contribution in [1.82, 2.24) is 10.4 Å². The fourth-order valence-corrected chi connectivity index (χ4v) is 1.92. The summed E-state index contributed by atoms with van der Waals surface area (Å²) in [5, 5.41) is 0. The largest absolute Gasteiger partial charge is 0.496 e. The lowest BCUT2D eigenvalue weighted by Gasteiger charge is -2.17. The number of hydrazine groups is 1. The van der Waals surface area contributed by atoms with Crippen LogP contribution in [0.4, 0.5) is 0 Å². The third-order valence-corrected chi connectivity index (χ3v) is 2.86. The van der Waals surface area contributed by atoms with E-state index in [0.29, 0.717) is 0 Å². The predicted octanol–water partition coefficient (Wildman–Crippen LogP) is 1.84. The van der Waals surface area contributed by atoms with Gasteiger partial charge in [0.2, 0.25) is 0 Å². The van der Waals surface area contributed by atoms with Crippen LogP contribution in [0.15, 0.2) is 48.7 Å². The van der Waals surface area contributed by atoms with Gasteiger partial charge in [0.05, 0.1) is 18.8 Å². The van der Waals surface area contributed by atoms with E-state index in [2.05, 4.69) is 10.4 Å². The number of methoxy groups -OCH3 is 1. The van der Waals surface area contributed by atoms with Crippen LogP contribution < -0.4 is 16.0 Å². The number of nitrogens with two attached hydrogens (primary N) is 1. The molecule has 1 heterocycles. The Balaban J connectivity index is 2.21. The number of nitrogens with zero attached hydrogens (tertiary/aromatic N) is 1. The molecule has 2 rings (SSSR count). The van der Waals surface area contributed by atoms with Crippen LogP contribution in [-0.4, -0.2) is 12.1 Å². The summed E-state index contributed by atoms with van der Waals surface area (Å²) in [6, 6.07) is 13.7. The fourth-order valence-electron chi connectivity index (χ4n) is 1.92.